The fraction of sp³-hybridized carbons (Fsp3) is 0.417. The smallest absolute Gasteiger partial charge is 0.258 e. The van der Waals surface area contributed by atoms with E-state index >= 15 is 0 Å². The van der Waals surface area contributed by atoms with Gasteiger partial charge in [-0.25, -0.2) is 4.39 Å². The Morgan fingerprint density at radius 2 is 2.22 bits per heavy atom. The van der Waals surface area contributed by atoms with E-state index < -0.39 is 17.8 Å². The highest BCUT2D eigenvalue weighted by Gasteiger charge is 2.20. The number of amides is 1. The van der Waals surface area contributed by atoms with Crippen LogP contribution in [0.15, 0.2) is 18.2 Å². The van der Waals surface area contributed by atoms with Crippen LogP contribution in [0, 0.1) is 5.82 Å². The van der Waals surface area contributed by atoms with Crippen molar-refractivity contribution in [3.8, 4) is 5.75 Å². The summed E-state index contributed by atoms with van der Waals surface area (Å²) in [6, 6.07) is 3.51. The molecule has 0 aliphatic heterocycles. The summed E-state index contributed by atoms with van der Waals surface area (Å²) in [5.41, 5.74) is -0.186. The maximum absolute atomic E-state index is 13.6. The third-order valence-corrected chi connectivity index (χ3v) is 2.35. The van der Waals surface area contributed by atoms with E-state index in [1.807, 2.05) is 0 Å². The number of hydrogen-bond donors (Lipinski definition) is 2. The van der Waals surface area contributed by atoms with Crippen molar-refractivity contribution in [2.24, 2.45) is 0 Å². The maximum Gasteiger partial charge on any atom is 0.258 e. The number of ether oxygens (including phenoxy) is 2. The van der Waals surface area contributed by atoms with Crippen LogP contribution in [0.4, 0.5) is 4.39 Å². The Balaban J connectivity index is 2.89. The van der Waals surface area contributed by atoms with E-state index in [4.69, 9.17) is 14.6 Å². The van der Waals surface area contributed by atoms with Crippen molar-refractivity contribution in [2.45, 2.75) is 6.04 Å². The molecule has 0 fully saturated rings. The molecule has 1 atom stereocenters. The minimum Gasteiger partial charge on any atom is -0.496 e. The minimum absolute atomic E-state index is 0.138. The summed E-state index contributed by atoms with van der Waals surface area (Å²) in [6.45, 7) is -0.157. The summed E-state index contributed by atoms with van der Waals surface area (Å²) >= 11 is 0. The second kappa shape index (κ2) is 6.93. The first-order valence-electron chi connectivity index (χ1n) is 5.37. The largest absolute Gasteiger partial charge is 0.496 e. The van der Waals surface area contributed by atoms with Gasteiger partial charge in [-0.2, -0.15) is 0 Å². The molecular formula is C12H16FNO4. The van der Waals surface area contributed by atoms with Gasteiger partial charge in [0.25, 0.3) is 5.91 Å². The normalized spacial score (nSPS) is 12.0. The van der Waals surface area contributed by atoms with Crippen LogP contribution in [0.3, 0.4) is 0 Å². The third-order valence-electron chi connectivity index (χ3n) is 2.35. The van der Waals surface area contributed by atoms with E-state index in [1.54, 1.807) is 0 Å². The summed E-state index contributed by atoms with van der Waals surface area (Å²) in [5.74, 6) is -1.19. The molecule has 0 aliphatic rings. The van der Waals surface area contributed by atoms with E-state index in [1.165, 1.54) is 32.4 Å². The summed E-state index contributed by atoms with van der Waals surface area (Å²) in [7, 11) is 2.79. The predicted octanol–water partition coefficient (Wildman–Crippen LogP) is 0.571. The summed E-state index contributed by atoms with van der Waals surface area (Å²) in [5, 5.41) is 11.5. The number of benzene rings is 1. The van der Waals surface area contributed by atoms with E-state index in [9.17, 15) is 9.18 Å². The molecule has 0 aromatic heterocycles. The summed E-state index contributed by atoms with van der Waals surface area (Å²) in [4.78, 5) is 11.9. The highest BCUT2D eigenvalue weighted by molar-refractivity contribution is 5.97. The summed E-state index contributed by atoms with van der Waals surface area (Å²) < 4.78 is 23.3. The minimum atomic E-state index is -0.680. The van der Waals surface area contributed by atoms with E-state index in [0.717, 1.165) is 0 Å². The number of rotatable bonds is 6. The van der Waals surface area contributed by atoms with Gasteiger partial charge in [0, 0.05) is 7.11 Å². The Hall–Kier alpha value is -1.66. The van der Waals surface area contributed by atoms with Gasteiger partial charge in [0.15, 0.2) is 0 Å². The summed E-state index contributed by atoms with van der Waals surface area (Å²) in [6.07, 6.45) is 0. The first kappa shape index (κ1) is 14.4. The van der Waals surface area contributed by atoms with Gasteiger partial charge in [0.1, 0.15) is 17.1 Å². The molecule has 0 radical (unpaired) electrons. The molecule has 2 N–H and O–H groups in total. The molecule has 0 saturated heterocycles. The standard InChI is InChI=1S/C12H16FNO4/c1-17-7-8(6-15)14-12(16)11-9(13)4-3-5-10(11)18-2/h3-5,8,15H,6-7H2,1-2H3,(H,14,16). The zero-order valence-corrected chi connectivity index (χ0v) is 10.3. The topological polar surface area (TPSA) is 67.8 Å². The van der Waals surface area contributed by atoms with E-state index in [0.29, 0.717) is 0 Å². The Morgan fingerprint density at radius 1 is 1.50 bits per heavy atom. The molecule has 1 aromatic rings. The predicted molar refractivity (Wildman–Crippen MR) is 63.2 cm³/mol. The number of hydrogen-bond acceptors (Lipinski definition) is 4. The van der Waals surface area contributed by atoms with Gasteiger partial charge in [-0.3, -0.25) is 4.79 Å². The quantitative estimate of drug-likeness (QED) is 0.782. The molecule has 6 heteroatoms. The molecule has 5 nitrogen and oxygen atoms in total. The lowest BCUT2D eigenvalue weighted by atomic mass is 10.1. The molecule has 1 aromatic carbocycles. The van der Waals surface area contributed by atoms with Crippen LogP contribution in [0.2, 0.25) is 0 Å². The Morgan fingerprint density at radius 3 is 2.78 bits per heavy atom. The Kier molecular flexibility index (Phi) is 5.54. The average Bonchev–Trinajstić information content (AvgIpc) is 2.37. The maximum atomic E-state index is 13.6. The lowest BCUT2D eigenvalue weighted by molar-refractivity contribution is 0.0833. The monoisotopic (exact) mass is 257 g/mol. The number of halogens is 1. The average molecular weight is 257 g/mol. The molecule has 1 unspecified atom stereocenters. The number of aliphatic hydroxyl groups excluding tert-OH is 1. The van der Waals surface area contributed by atoms with Gasteiger partial charge in [0.2, 0.25) is 0 Å². The van der Waals surface area contributed by atoms with Crippen LogP contribution in [-0.2, 0) is 4.74 Å². The fourth-order valence-corrected chi connectivity index (χ4v) is 1.49. The van der Waals surface area contributed by atoms with Crippen molar-refractivity contribution in [1.29, 1.82) is 0 Å². The van der Waals surface area contributed by atoms with Crippen molar-refractivity contribution >= 4 is 5.91 Å². The van der Waals surface area contributed by atoms with Gasteiger partial charge in [-0.1, -0.05) is 6.07 Å². The SMILES string of the molecule is COCC(CO)NC(=O)c1c(F)cccc1OC. The molecule has 18 heavy (non-hydrogen) atoms. The van der Waals surface area contributed by atoms with Gasteiger partial charge in [-0.05, 0) is 12.1 Å². The van der Waals surface area contributed by atoms with Crippen molar-refractivity contribution in [3.63, 3.8) is 0 Å². The van der Waals surface area contributed by atoms with Crippen LogP contribution in [0.5, 0.6) is 5.75 Å². The Labute approximate surface area is 105 Å². The van der Waals surface area contributed by atoms with E-state index in [2.05, 4.69) is 5.32 Å². The second-order valence-corrected chi connectivity index (χ2v) is 3.63. The molecule has 1 amide bonds. The molecular weight excluding hydrogens is 241 g/mol. The van der Waals surface area contributed by atoms with Crippen LogP contribution in [-0.4, -0.2) is 44.5 Å². The zero-order valence-electron chi connectivity index (χ0n) is 10.3. The molecule has 0 aliphatic carbocycles. The molecule has 0 bridgehead atoms. The number of aliphatic hydroxyl groups is 1. The van der Waals surface area contributed by atoms with Crippen molar-refractivity contribution < 1.29 is 23.8 Å². The second-order valence-electron chi connectivity index (χ2n) is 3.63. The van der Waals surface area contributed by atoms with Crippen LogP contribution >= 0.6 is 0 Å². The van der Waals surface area contributed by atoms with Crippen molar-refractivity contribution in [1.82, 2.24) is 5.32 Å². The highest BCUT2D eigenvalue weighted by atomic mass is 19.1. The molecule has 0 heterocycles. The number of carbonyl (C=O) groups is 1. The first-order valence-corrected chi connectivity index (χ1v) is 5.37. The van der Waals surface area contributed by atoms with E-state index in [-0.39, 0.29) is 24.5 Å². The number of nitrogens with one attached hydrogen (secondary N) is 1. The number of carbonyl (C=O) groups excluding carboxylic acids is 1. The molecule has 1 rings (SSSR count). The lowest BCUT2D eigenvalue weighted by Crippen LogP contribution is -2.41. The fourth-order valence-electron chi connectivity index (χ4n) is 1.49. The Bertz CT molecular complexity index is 411. The van der Waals surface area contributed by atoms with Crippen molar-refractivity contribution in [3.05, 3.63) is 29.6 Å². The third kappa shape index (κ3) is 3.41. The van der Waals surface area contributed by atoms with Gasteiger partial charge in [-0.15, -0.1) is 0 Å². The van der Waals surface area contributed by atoms with Crippen LogP contribution in [0.1, 0.15) is 10.4 Å². The lowest BCUT2D eigenvalue weighted by Gasteiger charge is -2.16. The van der Waals surface area contributed by atoms with Gasteiger partial charge < -0.3 is 19.9 Å². The number of methoxy groups -OCH3 is 2. The molecule has 100 valence electrons. The highest BCUT2D eigenvalue weighted by Crippen LogP contribution is 2.20. The van der Waals surface area contributed by atoms with Gasteiger partial charge in [0.05, 0.1) is 26.4 Å². The van der Waals surface area contributed by atoms with Crippen LogP contribution < -0.4 is 10.1 Å². The van der Waals surface area contributed by atoms with Gasteiger partial charge >= 0.3 is 0 Å². The first-order chi connectivity index (χ1) is 8.63. The molecule has 0 saturated carbocycles. The zero-order chi connectivity index (χ0) is 13.5. The molecule has 0 spiro atoms. The van der Waals surface area contributed by atoms with Crippen molar-refractivity contribution in [2.75, 3.05) is 27.4 Å². The van der Waals surface area contributed by atoms with Crippen LogP contribution in [0.25, 0.3) is 0 Å².